The van der Waals surface area contributed by atoms with Gasteiger partial charge in [-0.05, 0) is 29.8 Å². The Kier molecular flexibility index (Phi) is 3.26. The monoisotopic (exact) mass is 265 g/mol. The molecule has 0 fully saturated rings. The van der Waals surface area contributed by atoms with Crippen LogP contribution in [0.1, 0.15) is 5.56 Å². The van der Waals surface area contributed by atoms with Crippen LogP contribution in [0, 0.1) is 0 Å². The number of aromatic nitrogens is 3. The first-order chi connectivity index (χ1) is 9.78. The van der Waals surface area contributed by atoms with Crippen molar-refractivity contribution in [3.8, 4) is 0 Å². The molecule has 2 heterocycles. The van der Waals surface area contributed by atoms with Crippen molar-refractivity contribution in [1.29, 1.82) is 0 Å². The van der Waals surface area contributed by atoms with Gasteiger partial charge in [0.1, 0.15) is 11.3 Å². The van der Waals surface area contributed by atoms with E-state index in [4.69, 9.17) is 5.73 Å². The smallest absolute Gasteiger partial charge is 0.180 e. The van der Waals surface area contributed by atoms with Crippen molar-refractivity contribution >= 4 is 22.7 Å². The SMILES string of the molecule is CN(c1ccc(CN)cc1)c1ccc2nccnc2n1. The third-order valence-electron chi connectivity index (χ3n) is 3.22. The Balaban J connectivity index is 1.96. The van der Waals surface area contributed by atoms with E-state index in [0.29, 0.717) is 12.2 Å². The summed E-state index contributed by atoms with van der Waals surface area (Å²) in [7, 11) is 1.97. The number of hydrogen-bond donors (Lipinski definition) is 1. The summed E-state index contributed by atoms with van der Waals surface area (Å²) in [5, 5.41) is 0. The number of anilines is 2. The summed E-state index contributed by atoms with van der Waals surface area (Å²) in [5.41, 5.74) is 9.22. The van der Waals surface area contributed by atoms with Crippen LogP contribution in [-0.2, 0) is 6.54 Å². The summed E-state index contributed by atoms with van der Waals surface area (Å²) in [6.45, 7) is 0.549. The van der Waals surface area contributed by atoms with Gasteiger partial charge in [-0.3, -0.25) is 4.98 Å². The van der Waals surface area contributed by atoms with Gasteiger partial charge in [-0.15, -0.1) is 0 Å². The molecule has 100 valence electrons. The highest BCUT2D eigenvalue weighted by molar-refractivity contribution is 5.73. The molecule has 0 unspecified atom stereocenters. The first kappa shape index (κ1) is 12.5. The Morgan fingerprint density at radius 2 is 1.75 bits per heavy atom. The number of rotatable bonds is 3. The summed E-state index contributed by atoms with van der Waals surface area (Å²) in [5.74, 6) is 0.832. The Morgan fingerprint density at radius 1 is 1.00 bits per heavy atom. The van der Waals surface area contributed by atoms with E-state index < -0.39 is 0 Å². The van der Waals surface area contributed by atoms with Crippen LogP contribution in [0.5, 0.6) is 0 Å². The fraction of sp³-hybridized carbons (Fsp3) is 0.133. The molecule has 3 aromatic rings. The summed E-state index contributed by atoms with van der Waals surface area (Å²) < 4.78 is 0. The molecule has 0 saturated heterocycles. The Labute approximate surface area is 117 Å². The zero-order valence-corrected chi connectivity index (χ0v) is 11.2. The lowest BCUT2D eigenvalue weighted by Crippen LogP contribution is -2.11. The highest BCUT2D eigenvalue weighted by Crippen LogP contribution is 2.23. The maximum atomic E-state index is 5.61. The normalized spacial score (nSPS) is 10.7. The Morgan fingerprint density at radius 3 is 2.50 bits per heavy atom. The molecule has 3 rings (SSSR count). The first-order valence-corrected chi connectivity index (χ1v) is 6.38. The largest absolute Gasteiger partial charge is 0.329 e. The van der Waals surface area contributed by atoms with E-state index >= 15 is 0 Å². The molecule has 2 aromatic heterocycles. The van der Waals surface area contributed by atoms with Gasteiger partial charge in [0.2, 0.25) is 0 Å². The minimum Gasteiger partial charge on any atom is -0.329 e. The fourth-order valence-corrected chi connectivity index (χ4v) is 2.02. The van der Waals surface area contributed by atoms with Gasteiger partial charge in [0, 0.05) is 31.7 Å². The molecule has 0 aliphatic heterocycles. The molecule has 5 nitrogen and oxygen atoms in total. The molecule has 0 amide bonds. The predicted octanol–water partition coefficient (Wildman–Crippen LogP) is 2.25. The van der Waals surface area contributed by atoms with E-state index in [2.05, 4.69) is 15.0 Å². The van der Waals surface area contributed by atoms with Crippen LogP contribution in [0.4, 0.5) is 11.5 Å². The molecule has 0 bridgehead atoms. The molecule has 0 saturated carbocycles. The van der Waals surface area contributed by atoms with Crippen LogP contribution in [0.25, 0.3) is 11.2 Å². The van der Waals surface area contributed by atoms with Crippen LogP contribution in [-0.4, -0.2) is 22.0 Å². The second kappa shape index (κ2) is 5.22. The molecule has 0 atom stereocenters. The van der Waals surface area contributed by atoms with Crippen molar-refractivity contribution < 1.29 is 0 Å². The minimum absolute atomic E-state index is 0.549. The molecule has 20 heavy (non-hydrogen) atoms. The second-order valence-electron chi connectivity index (χ2n) is 4.50. The van der Waals surface area contributed by atoms with Crippen molar-refractivity contribution in [3.63, 3.8) is 0 Å². The van der Waals surface area contributed by atoms with Gasteiger partial charge >= 0.3 is 0 Å². The molecule has 0 radical (unpaired) electrons. The van der Waals surface area contributed by atoms with E-state index in [-0.39, 0.29) is 0 Å². The molecule has 1 aromatic carbocycles. The van der Waals surface area contributed by atoms with E-state index in [1.165, 1.54) is 0 Å². The summed E-state index contributed by atoms with van der Waals surface area (Å²) in [4.78, 5) is 15.0. The number of nitrogens with zero attached hydrogens (tertiary/aromatic N) is 4. The highest BCUT2D eigenvalue weighted by atomic mass is 15.2. The summed E-state index contributed by atoms with van der Waals surface area (Å²) >= 11 is 0. The summed E-state index contributed by atoms with van der Waals surface area (Å²) in [6.07, 6.45) is 3.31. The van der Waals surface area contributed by atoms with Crippen LogP contribution < -0.4 is 10.6 Å². The lowest BCUT2D eigenvalue weighted by atomic mass is 10.2. The second-order valence-corrected chi connectivity index (χ2v) is 4.50. The van der Waals surface area contributed by atoms with Crippen LogP contribution in [0.2, 0.25) is 0 Å². The van der Waals surface area contributed by atoms with Crippen molar-refractivity contribution in [2.24, 2.45) is 5.73 Å². The number of hydrogen-bond acceptors (Lipinski definition) is 5. The van der Waals surface area contributed by atoms with Gasteiger partial charge in [-0.25, -0.2) is 9.97 Å². The summed E-state index contributed by atoms with van der Waals surface area (Å²) in [6, 6.07) is 12.0. The highest BCUT2D eigenvalue weighted by Gasteiger charge is 2.07. The maximum Gasteiger partial charge on any atom is 0.180 e. The predicted molar refractivity (Wildman–Crippen MR) is 79.7 cm³/mol. The van der Waals surface area contributed by atoms with Crippen molar-refractivity contribution in [2.75, 3.05) is 11.9 Å². The molecule has 0 spiro atoms. The van der Waals surface area contributed by atoms with E-state index in [1.807, 2.05) is 48.3 Å². The van der Waals surface area contributed by atoms with Gasteiger partial charge in [0.05, 0.1) is 0 Å². The Bertz CT molecular complexity index is 724. The van der Waals surface area contributed by atoms with E-state index in [9.17, 15) is 0 Å². The zero-order chi connectivity index (χ0) is 13.9. The number of fused-ring (bicyclic) bond motifs is 1. The van der Waals surface area contributed by atoms with Gasteiger partial charge in [-0.1, -0.05) is 12.1 Å². The third kappa shape index (κ3) is 2.31. The number of nitrogens with two attached hydrogens (primary N) is 1. The van der Waals surface area contributed by atoms with Crippen LogP contribution in [0.3, 0.4) is 0 Å². The zero-order valence-electron chi connectivity index (χ0n) is 11.2. The van der Waals surface area contributed by atoms with Crippen LogP contribution >= 0.6 is 0 Å². The van der Waals surface area contributed by atoms with Crippen molar-refractivity contribution in [3.05, 3.63) is 54.4 Å². The lowest BCUT2D eigenvalue weighted by Gasteiger charge is -2.18. The van der Waals surface area contributed by atoms with Gasteiger partial charge in [0.15, 0.2) is 5.65 Å². The number of pyridine rings is 1. The van der Waals surface area contributed by atoms with Gasteiger partial charge in [0.25, 0.3) is 0 Å². The van der Waals surface area contributed by atoms with E-state index in [0.717, 1.165) is 22.6 Å². The average molecular weight is 265 g/mol. The fourth-order valence-electron chi connectivity index (χ4n) is 2.02. The quantitative estimate of drug-likeness (QED) is 0.786. The van der Waals surface area contributed by atoms with Crippen molar-refractivity contribution in [2.45, 2.75) is 6.54 Å². The molecule has 0 aliphatic carbocycles. The average Bonchev–Trinajstić information content (AvgIpc) is 2.54. The molecular formula is C15H15N5. The molecule has 0 aliphatic rings. The Hall–Kier alpha value is -2.53. The third-order valence-corrected chi connectivity index (χ3v) is 3.22. The van der Waals surface area contributed by atoms with Crippen LogP contribution in [0.15, 0.2) is 48.8 Å². The maximum absolute atomic E-state index is 5.61. The number of benzene rings is 1. The first-order valence-electron chi connectivity index (χ1n) is 6.38. The minimum atomic E-state index is 0.549. The standard InChI is InChI=1S/C15H15N5/c1-20(12-4-2-11(10-16)3-5-12)14-7-6-13-15(19-14)18-9-8-17-13/h2-9H,10,16H2,1H3. The molecule has 5 heteroatoms. The lowest BCUT2D eigenvalue weighted by molar-refractivity contribution is 1.06. The molecule has 2 N–H and O–H groups in total. The molecular weight excluding hydrogens is 250 g/mol. The van der Waals surface area contributed by atoms with Crippen molar-refractivity contribution in [1.82, 2.24) is 15.0 Å². The van der Waals surface area contributed by atoms with Gasteiger partial charge < -0.3 is 10.6 Å². The topological polar surface area (TPSA) is 67.9 Å². The van der Waals surface area contributed by atoms with E-state index in [1.54, 1.807) is 12.4 Å². The van der Waals surface area contributed by atoms with Gasteiger partial charge in [-0.2, -0.15) is 0 Å².